The van der Waals surface area contributed by atoms with Gasteiger partial charge in [-0.3, -0.25) is 0 Å². The molecule has 0 bridgehead atoms. The molecular weight excluding hydrogens is 268 g/mol. The summed E-state index contributed by atoms with van der Waals surface area (Å²) in [6.45, 7) is 3.03. The molecule has 0 radical (unpaired) electrons. The maximum Gasteiger partial charge on any atom is 0.0459 e. The summed E-state index contributed by atoms with van der Waals surface area (Å²) in [7, 11) is 0. The van der Waals surface area contributed by atoms with Crippen molar-refractivity contribution < 1.29 is 0 Å². The second-order valence-electron chi connectivity index (χ2n) is 6.51. The van der Waals surface area contributed by atoms with Crippen LogP contribution in [0.15, 0.2) is 18.2 Å². The highest BCUT2D eigenvalue weighted by Gasteiger charge is 2.36. The van der Waals surface area contributed by atoms with E-state index in [4.69, 9.17) is 17.3 Å². The van der Waals surface area contributed by atoms with Crippen molar-refractivity contribution in [2.24, 2.45) is 11.1 Å². The Morgan fingerprint density at radius 3 is 2.40 bits per heavy atom. The van der Waals surface area contributed by atoms with Gasteiger partial charge in [-0.05, 0) is 61.8 Å². The summed E-state index contributed by atoms with van der Waals surface area (Å²) >= 11 is 6.37. The summed E-state index contributed by atoms with van der Waals surface area (Å²) in [5.74, 6) is 0. The highest BCUT2D eigenvalue weighted by atomic mass is 35.5. The van der Waals surface area contributed by atoms with Crippen molar-refractivity contribution in [2.45, 2.75) is 44.9 Å². The minimum Gasteiger partial charge on any atom is -0.371 e. The molecule has 3 heteroatoms. The lowest BCUT2D eigenvalue weighted by Crippen LogP contribution is -2.38. The zero-order valence-corrected chi connectivity index (χ0v) is 13.0. The minimum atomic E-state index is 0.658. The van der Waals surface area contributed by atoms with E-state index in [9.17, 15) is 0 Å². The third kappa shape index (κ3) is 2.82. The Morgan fingerprint density at radius 1 is 1.10 bits per heavy atom. The van der Waals surface area contributed by atoms with Gasteiger partial charge in [-0.2, -0.15) is 0 Å². The van der Waals surface area contributed by atoms with E-state index >= 15 is 0 Å². The molecule has 110 valence electrons. The zero-order valence-electron chi connectivity index (χ0n) is 12.2. The molecule has 2 fully saturated rings. The molecule has 1 aromatic rings. The van der Waals surface area contributed by atoms with Gasteiger partial charge in [0.15, 0.2) is 0 Å². The van der Waals surface area contributed by atoms with E-state index in [0.717, 1.165) is 11.4 Å². The van der Waals surface area contributed by atoms with Gasteiger partial charge in [0.2, 0.25) is 0 Å². The normalized spacial score (nSPS) is 21.6. The molecule has 2 nitrogen and oxygen atoms in total. The summed E-state index contributed by atoms with van der Waals surface area (Å²) in [5, 5.41) is 0.870. The molecule has 0 atom stereocenters. The van der Waals surface area contributed by atoms with Gasteiger partial charge < -0.3 is 10.6 Å². The maximum atomic E-state index is 6.37. The van der Waals surface area contributed by atoms with Gasteiger partial charge in [0.25, 0.3) is 0 Å². The summed E-state index contributed by atoms with van der Waals surface area (Å²) in [5.41, 5.74) is 8.74. The standard InChI is InChI=1S/C17H25ClN2/c18-16-13-15(4-3-14(16)5-10-19)20-11-8-17(9-12-20)6-1-2-7-17/h3-4,13H,1-2,5-12,19H2. The maximum absolute atomic E-state index is 6.37. The van der Waals surface area contributed by atoms with Crippen LogP contribution in [0.2, 0.25) is 5.02 Å². The van der Waals surface area contributed by atoms with Crippen LogP contribution in [0.4, 0.5) is 5.69 Å². The number of halogens is 1. The molecule has 1 saturated heterocycles. The Labute approximate surface area is 127 Å². The smallest absolute Gasteiger partial charge is 0.0459 e. The van der Waals surface area contributed by atoms with Crippen LogP contribution in [0.25, 0.3) is 0 Å². The molecule has 1 aromatic carbocycles. The van der Waals surface area contributed by atoms with E-state index in [1.54, 1.807) is 0 Å². The van der Waals surface area contributed by atoms with Crippen molar-refractivity contribution in [2.75, 3.05) is 24.5 Å². The van der Waals surface area contributed by atoms with Gasteiger partial charge in [-0.15, -0.1) is 0 Å². The van der Waals surface area contributed by atoms with Gasteiger partial charge in [0, 0.05) is 23.8 Å². The fourth-order valence-corrected chi connectivity index (χ4v) is 4.22. The largest absolute Gasteiger partial charge is 0.371 e. The lowest BCUT2D eigenvalue weighted by molar-refractivity contribution is 0.226. The molecule has 1 aliphatic heterocycles. The first-order chi connectivity index (χ1) is 9.72. The number of benzene rings is 1. The number of nitrogens with zero attached hydrogens (tertiary/aromatic N) is 1. The summed E-state index contributed by atoms with van der Waals surface area (Å²) in [6, 6.07) is 6.48. The third-order valence-electron chi connectivity index (χ3n) is 5.30. The van der Waals surface area contributed by atoms with Crippen LogP contribution in [-0.4, -0.2) is 19.6 Å². The average molecular weight is 293 g/mol. The molecule has 0 unspecified atom stereocenters. The van der Waals surface area contributed by atoms with Crippen molar-refractivity contribution in [3.63, 3.8) is 0 Å². The average Bonchev–Trinajstić information content (AvgIpc) is 2.91. The first kappa shape index (κ1) is 14.2. The predicted octanol–water partition coefficient (Wildman–Crippen LogP) is 4.00. The Hall–Kier alpha value is -0.730. The Balaban J connectivity index is 1.67. The van der Waals surface area contributed by atoms with Crippen molar-refractivity contribution in [3.05, 3.63) is 28.8 Å². The highest BCUT2D eigenvalue weighted by Crippen LogP contribution is 2.46. The van der Waals surface area contributed by atoms with Crippen LogP contribution in [0.5, 0.6) is 0 Å². The highest BCUT2D eigenvalue weighted by molar-refractivity contribution is 6.31. The molecule has 0 amide bonds. The molecule has 2 aliphatic rings. The van der Waals surface area contributed by atoms with Crippen molar-refractivity contribution in [1.82, 2.24) is 0 Å². The van der Waals surface area contributed by atoms with Gasteiger partial charge in [-0.1, -0.05) is 30.5 Å². The summed E-state index contributed by atoms with van der Waals surface area (Å²) in [4.78, 5) is 2.50. The number of hydrogen-bond donors (Lipinski definition) is 1. The fourth-order valence-electron chi connectivity index (χ4n) is 3.96. The van der Waals surface area contributed by atoms with Crippen LogP contribution in [0.3, 0.4) is 0 Å². The van der Waals surface area contributed by atoms with Crippen molar-refractivity contribution in [3.8, 4) is 0 Å². The van der Waals surface area contributed by atoms with E-state index in [1.165, 1.54) is 62.9 Å². The van der Waals surface area contributed by atoms with Crippen LogP contribution in [-0.2, 0) is 6.42 Å². The summed E-state index contributed by atoms with van der Waals surface area (Å²) in [6.07, 6.45) is 9.37. The van der Waals surface area contributed by atoms with E-state index in [0.29, 0.717) is 12.0 Å². The van der Waals surface area contributed by atoms with Gasteiger partial charge >= 0.3 is 0 Å². The lowest BCUT2D eigenvalue weighted by atomic mass is 9.77. The first-order valence-electron chi connectivity index (χ1n) is 7.96. The fraction of sp³-hybridized carbons (Fsp3) is 0.647. The van der Waals surface area contributed by atoms with E-state index in [2.05, 4.69) is 23.1 Å². The molecule has 1 aliphatic carbocycles. The molecule has 1 heterocycles. The SMILES string of the molecule is NCCc1ccc(N2CCC3(CCCC3)CC2)cc1Cl. The molecule has 3 rings (SSSR count). The predicted molar refractivity (Wildman–Crippen MR) is 86.6 cm³/mol. The lowest BCUT2D eigenvalue weighted by Gasteiger charge is -2.40. The van der Waals surface area contributed by atoms with E-state index in [1.807, 2.05) is 0 Å². The van der Waals surface area contributed by atoms with Crippen molar-refractivity contribution >= 4 is 17.3 Å². The zero-order chi connectivity index (χ0) is 14.0. The Bertz CT molecular complexity index is 456. The molecule has 2 N–H and O–H groups in total. The van der Waals surface area contributed by atoms with Crippen LogP contribution in [0.1, 0.15) is 44.1 Å². The third-order valence-corrected chi connectivity index (χ3v) is 5.66. The number of rotatable bonds is 3. The van der Waals surface area contributed by atoms with Crippen LogP contribution in [0, 0.1) is 5.41 Å². The molecular formula is C17H25ClN2. The number of piperidine rings is 1. The Kier molecular flexibility index (Phi) is 4.23. The van der Waals surface area contributed by atoms with E-state index in [-0.39, 0.29) is 0 Å². The second kappa shape index (κ2) is 5.95. The number of hydrogen-bond acceptors (Lipinski definition) is 2. The number of nitrogens with two attached hydrogens (primary N) is 1. The topological polar surface area (TPSA) is 29.3 Å². The van der Waals surface area contributed by atoms with Gasteiger partial charge in [0.1, 0.15) is 0 Å². The quantitative estimate of drug-likeness (QED) is 0.912. The number of anilines is 1. The molecule has 0 aromatic heterocycles. The second-order valence-corrected chi connectivity index (χ2v) is 6.92. The van der Waals surface area contributed by atoms with Gasteiger partial charge in [0.05, 0.1) is 0 Å². The molecule has 20 heavy (non-hydrogen) atoms. The molecule has 1 saturated carbocycles. The van der Waals surface area contributed by atoms with Crippen molar-refractivity contribution in [1.29, 1.82) is 0 Å². The summed E-state index contributed by atoms with van der Waals surface area (Å²) < 4.78 is 0. The van der Waals surface area contributed by atoms with Crippen LogP contribution < -0.4 is 10.6 Å². The van der Waals surface area contributed by atoms with Crippen LogP contribution >= 0.6 is 11.6 Å². The van der Waals surface area contributed by atoms with Gasteiger partial charge in [-0.25, -0.2) is 0 Å². The monoisotopic (exact) mass is 292 g/mol. The first-order valence-corrected chi connectivity index (χ1v) is 8.34. The van der Waals surface area contributed by atoms with E-state index < -0.39 is 0 Å². The minimum absolute atomic E-state index is 0.658. The Morgan fingerprint density at radius 2 is 1.80 bits per heavy atom. The molecule has 1 spiro atoms.